The fraction of sp³-hybridized carbons (Fsp3) is 0.0833. The van der Waals surface area contributed by atoms with Crippen LogP contribution in [0.4, 0.5) is 10.3 Å². The Bertz CT molecular complexity index is 730. The van der Waals surface area contributed by atoms with E-state index in [2.05, 4.69) is 30.4 Å². The fourth-order valence-electron chi connectivity index (χ4n) is 1.62. The second kappa shape index (κ2) is 5.80. The minimum atomic E-state index is -0.282. The lowest BCUT2D eigenvalue weighted by Crippen LogP contribution is -2.09. The van der Waals surface area contributed by atoms with Crippen molar-refractivity contribution in [3.63, 3.8) is 0 Å². The van der Waals surface area contributed by atoms with E-state index in [9.17, 15) is 4.39 Å². The largest absolute Gasteiger partial charge is 0.350 e. The monoisotopic (exact) mass is 305 g/mol. The number of hydrogen-bond acceptors (Lipinski definition) is 6. The summed E-state index contributed by atoms with van der Waals surface area (Å²) in [6.45, 7) is 0.428. The van der Waals surface area contributed by atoms with E-state index in [1.54, 1.807) is 12.1 Å². The van der Waals surface area contributed by atoms with Crippen LogP contribution in [0, 0.1) is 5.82 Å². The van der Waals surface area contributed by atoms with E-state index in [4.69, 9.17) is 11.6 Å². The molecule has 106 valence electrons. The Labute approximate surface area is 123 Å². The van der Waals surface area contributed by atoms with Gasteiger partial charge in [-0.1, -0.05) is 12.1 Å². The number of halogens is 2. The van der Waals surface area contributed by atoms with E-state index in [1.807, 2.05) is 0 Å². The minimum Gasteiger partial charge on any atom is -0.350 e. The zero-order chi connectivity index (χ0) is 14.7. The van der Waals surface area contributed by atoms with Gasteiger partial charge in [-0.3, -0.25) is 0 Å². The lowest BCUT2D eigenvalue weighted by atomic mass is 10.2. The number of nitrogens with zero attached hydrogens (tertiary/aromatic N) is 6. The van der Waals surface area contributed by atoms with Crippen LogP contribution in [0.5, 0.6) is 0 Å². The van der Waals surface area contributed by atoms with Crippen LogP contribution in [0.25, 0.3) is 5.95 Å². The van der Waals surface area contributed by atoms with Crippen LogP contribution in [-0.4, -0.2) is 29.7 Å². The molecule has 0 atom stereocenters. The molecule has 9 heteroatoms. The standard InChI is InChI=1S/C12H9ClFN7/c13-10-18-11(16-5-8-1-3-9(14)4-2-8)20-12(19-10)21-7-15-6-17-21/h1-4,6-7H,5H2,(H,16,18,19,20). The van der Waals surface area contributed by atoms with E-state index in [0.717, 1.165) is 5.56 Å². The van der Waals surface area contributed by atoms with Crippen molar-refractivity contribution in [3.8, 4) is 5.95 Å². The minimum absolute atomic E-state index is 0.0390. The summed E-state index contributed by atoms with van der Waals surface area (Å²) in [4.78, 5) is 15.9. The fourth-order valence-corrected chi connectivity index (χ4v) is 1.77. The second-order valence-electron chi connectivity index (χ2n) is 4.05. The molecule has 1 N–H and O–H groups in total. The van der Waals surface area contributed by atoms with Gasteiger partial charge in [0, 0.05) is 6.54 Å². The van der Waals surface area contributed by atoms with Crippen LogP contribution >= 0.6 is 11.6 Å². The first-order chi connectivity index (χ1) is 10.2. The Morgan fingerprint density at radius 2 is 1.95 bits per heavy atom. The lowest BCUT2D eigenvalue weighted by molar-refractivity contribution is 0.627. The Balaban J connectivity index is 1.78. The Hall–Kier alpha value is -2.61. The van der Waals surface area contributed by atoms with Gasteiger partial charge in [0.1, 0.15) is 18.5 Å². The summed E-state index contributed by atoms with van der Waals surface area (Å²) in [5.41, 5.74) is 0.884. The van der Waals surface area contributed by atoms with Crippen molar-refractivity contribution in [2.45, 2.75) is 6.54 Å². The maximum Gasteiger partial charge on any atom is 0.258 e. The van der Waals surface area contributed by atoms with Gasteiger partial charge in [0.25, 0.3) is 5.95 Å². The molecule has 2 heterocycles. The van der Waals surface area contributed by atoms with Crippen molar-refractivity contribution in [1.29, 1.82) is 0 Å². The molecule has 0 amide bonds. The maximum absolute atomic E-state index is 12.8. The highest BCUT2D eigenvalue weighted by Gasteiger charge is 2.07. The maximum atomic E-state index is 12.8. The summed E-state index contributed by atoms with van der Waals surface area (Å²) in [5.74, 6) is 0.273. The van der Waals surface area contributed by atoms with Crippen LogP contribution < -0.4 is 5.32 Å². The number of anilines is 1. The summed E-state index contributed by atoms with van der Waals surface area (Å²) >= 11 is 5.86. The topological polar surface area (TPSA) is 81.4 Å². The number of benzene rings is 1. The van der Waals surface area contributed by atoms with Crippen LogP contribution in [0.2, 0.25) is 5.28 Å². The number of hydrogen-bond donors (Lipinski definition) is 1. The second-order valence-corrected chi connectivity index (χ2v) is 4.39. The Morgan fingerprint density at radius 1 is 1.14 bits per heavy atom. The van der Waals surface area contributed by atoms with Gasteiger partial charge in [-0.05, 0) is 29.3 Å². The number of aromatic nitrogens is 6. The summed E-state index contributed by atoms with van der Waals surface area (Å²) in [6, 6.07) is 6.11. The summed E-state index contributed by atoms with van der Waals surface area (Å²) < 4.78 is 14.2. The molecule has 0 radical (unpaired) electrons. The van der Waals surface area contributed by atoms with Gasteiger partial charge in [-0.2, -0.15) is 24.7 Å². The van der Waals surface area contributed by atoms with E-state index >= 15 is 0 Å². The van der Waals surface area contributed by atoms with Gasteiger partial charge < -0.3 is 5.32 Å². The molecule has 0 spiro atoms. The average Bonchev–Trinajstić information content (AvgIpc) is 3.00. The predicted molar refractivity (Wildman–Crippen MR) is 73.5 cm³/mol. The number of rotatable bonds is 4. The van der Waals surface area contributed by atoms with Gasteiger partial charge in [0.15, 0.2) is 0 Å². The van der Waals surface area contributed by atoms with Crippen molar-refractivity contribution in [3.05, 3.63) is 53.6 Å². The van der Waals surface area contributed by atoms with Crippen molar-refractivity contribution in [2.75, 3.05) is 5.32 Å². The Morgan fingerprint density at radius 3 is 2.67 bits per heavy atom. The average molecular weight is 306 g/mol. The van der Waals surface area contributed by atoms with Crippen molar-refractivity contribution < 1.29 is 4.39 Å². The molecule has 0 fully saturated rings. The summed E-state index contributed by atoms with van der Waals surface area (Å²) in [6.07, 6.45) is 2.82. The van der Waals surface area contributed by atoms with Gasteiger partial charge in [-0.25, -0.2) is 9.37 Å². The molecule has 3 rings (SSSR count). The van der Waals surface area contributed by atoms with Gasteiger partial charge in [0.2, 0.25) is 11.2 Å². The first-order valence-electron chi connectivity index (χ1n) is 5.95. The summed E-state index contributed by atoms with van der Waals surface area (Å²) in [5, 5.41) is 6.95. The molecule has 0 aliphatic carbocycles. The molecule has 0 saturated carbocycles. The van der Waals surface area contributed by atoms with E-state index in [-0.39, 0.29) is 17.0 Å². The SMILES string of the molecule is Fc1ccc(CNc2nc(Cl)nc(-n3cncn3)n2)cc1. The van der Waals surface area contributed by atoms with Gasteiger partial charge in [0.05, 0.1) is 0 Å². The van der Waals surface area contributed by atoms with Gasteiger partial charge in [-0.15, -0.1) is 0 Å². The molecule has 21 heavy (non-hydrogen) atoms. The molecule has 0 unspecified atom stereocenters. The molecular formula is C12H9ClFN7. The molecule has 0 aliphatic rings. The zero-order valence-electron chi connectivity index (χ0n) is 10.6. The first kappa shape index (κ1) is 13.4. The zero-order valence-corrected chi connectivity index (χ0v) is 11.4. The number of nitrogens with one attached hydrogen (secondary N) is 1. The molecule has 2 aromatic heterocycles. The van der Waals surface area contributed by atoms with E-state index in [0.29, 0.717) is 12.5 Å². The van der Waals surface area contributed by atoms with Crippen LogP contribution in [0.3, 0.4) is 0 Å². The van der Waals surface area contributed by atoms with E-state index in [1.165, 1.54) is 29.5 Å². The van der Waals surface area contributed by atoms with Crippen molar-refractivity contribution in [2.24, 2.45) is 0 Å². The van der Waals surface area contributed by atoms with Crippen molar-refractivity contribution in [1.82, 2.24) is 29.7 Å². The predicted octanol–water partition coefficient (Wildman–Crippen LogP) is 1.86. The molecule has 0 saturated heterocycles. The third-order valence-corrected chi connectivity index (χ3v) is 2.75. The van der Waals surface area contributed by atoms with Crippen LogP contribution in [0.1, 0.15) is 5.56 Å². The first-order valence-corrected chi connectivity index (χ1v) is 6.33. The molecule has 0 aliphatic heterocycles. The molecule has 1 aromatic carbocycles. The van der Waals surface area contributed by atoms with Crippen LogP contribution in [0.15, 0.2) is 36.9 Å². The Kier molecular flexibility index (Phi) is 3.69. The quantitative estimate of drug-likeness (QED) is 0.792. The third kappa shape index (κ3) is 3.29. The van der Waals surface area contributed by atoms with Crippen LogP contribution in [-0.2, 0) is 6.54 Å². The smallest absolute Gasteiger partial charge is 0.258 e. The molecule has 7 nitrogen and oxygen atoms in total. The normalized spacial score (nSPS) is 10.6. The molecular weight excluding hydrogens is 297 g/mol. The third-order valence-electron chi connectivity index (χ3n) is 2.58. The molecule has 0 bridgehead atoms. The van der Waals surface area contributed by atoms with Crippen molar-refractivity contribution >= 4 is 17.5 Å². The highest BCUT2D eigenvalue weighted by Crippen LogP contribution is 2.10. The van der Waals surface area contributed by atoms with Gasteiger partial charge >= 0.3 is 0 Å². The highest BCUT2D eigenvalue weighted by molar-refractivity contribution is 6.28. The lowest BCUT2D eigenvalue weighted by Gasteiger charge is -2.06. The molecule has 3 aromatic rings. The highest BCUT2D eigenvalue weighted by atomic mass is 35.5. The summed E-state index contributed by atoms with van der Waals surface area (Å²) in [7, 11) is 0. The van der Waals surface area contributed by atoms with E-state index < -0.39 is 0 Å².